The Morgan fingerprint density at radius 1 is 0.700 bits per heavy atom. The Labute approximate surface area is 260 Å². The Morgan fingerprint density at radius 3 is 1.73 bits per heavy atom. The quantitative estimate of drug-likeness (QED) is 0.262. The third kappa shape index (κ3) is 6.79. The van der Waals surface area contributed by atoms with Crippen LogP contribution in [0.5, 0.6) is 0 Å². The van der Waals surface area contributed by atoms with Gasteiger partial charge in [0.05, 0.1) is 0 Å². The van der Waals surface area contributed by atoms with Crippen LogP contribution in [0.2, 0.25) is 0 Å². The molecule has 1 aliphatic rings. The molecule has 205 valence electrons. The number of fused-ring (bicyclic) bond motifs is 1. The molecule has 1 N–H and O–H groups in total. The molecule has 40 heavy (non-hydrogen) atoms. The molecule has 1 amide bonds. The molecule has 1 unspecified atom stereocenters. The van der Waals surface area contributed by atoms with Crippen molar-refractivity contribution in [1.29, 1.82) is 0 Å². The minimum Gasteiger partial charge on any atom is -1.00 e. The number of halogens is 2. The van der Waals surface area contributed by atoms with Crippen molar-refractivity contribution in [3.8, 4) is 0 Å². The molecule has 0 heterocycles. The molecule has 1 aliphatic carbocycles. The summed E-state index contributed by atoms with van der Waals surface area (Å²) in [6.07, 6.45) is 4.68. The van der Waals surface area contributed by atoms with Crippen molar-refractivity contribution < 1.29 is 50.5 Å². The molecule has 0 saturated carbocycles. The molecule has 4 aromatic carbocycles. The molecule has 1 atom stereocenters. The smallest absolute Gasteiger partial charge is 1.00 e. The molecule has 0 fully saturated rings. The first kappa shape index (κ1) is 32.3. The van der Waals surface area contributed by atoms with E-state index in [0.29, 0.717) is 3.67 Å². The van der Waals surface area contributed by atoms with Gasteiger partial charge in [-0.1, -0.05) is 0 Å². The number of benzene rings is 4. The number of nitrogens with one attached hydrogen (secondary N) is 1. The van der Waals surface area contributed by atoms with E-state index in [1.165, 1.54) is 21.5 Å². The second-order valence-electron chi connectivity index (χ2n) is 10.8. The largest absolute Gasteiger partial charge is 1.00 e. The Kier molecular flexibility index (Phi) is 11.8. The van der Waals surface area contributed by atoms with Crippen molar-refractivity contribution in [2.45, 2.75) is 43.2 Å². The SMILES string of the molecule is CC(C)c1cccc(C(C)C)c1C(=O)[NH][Hf+2]([CH]1C=Cc2ccccc21)[SiH](c1ccccc1)c1ccccc1.[Cl-].[Cl-]. The van der Waals surface area contributed by atoms with E-state index in [1.54, 1.807) is 0 Å². The van der Waals surface area contributed by atoms with Gasteiger partial charge in [0.1, 0.15) is 0 Å². The van der Waals surface area contributed by atoms with E-state index in [1.807, 2.05) is 0 Å². The Morgan fingerprint density at radius 2 is 1.20 bits per heavy atom. The number of amides is 1. The summed E-state index contributed by atoms with van der Waals surface area (Å²) in [5, 5.41) is 2.86. The first-order valence-electron chi connectivity index (χ1n) is 13.6. The predicted octanol–water partition coefficient (Wildman–Crippen LogP) is 0.511. The van der Waals surface area contributed by atoms with Gasteiger partial charge in [-0.05, 0) is 0 Å². The Balaban J connectivity index is 0.00000220. The normalized spacial score (nSPS) is 13.5. The number of hydrogen-bond acceptors (Lipinski definition) is 1. The van der Waals surface area contributed by atoms with Crippen molar-refractivity contribution in [3.63, 3.8) is 0 Å². The number of carbonyl (C=O) groups excluding carboxylic acids is 1. The molecule has 5 rings (SSSR count). The average molecular weight is 752 g/mol. The summed E-state index contributed by atoms with van der Waals surface area (Å²) in [6.45, 7) is 8.77. The van der Waals surface area contributed by atoms with Crippen LogP contribution in [-0.4, -0.2) is 11.9 Å². The zero-order valence-corrected chi connectivity index (χ0v) is 29.7. The van der Waals surface area contributed by atoms with Gasteiger partial charge in [0.15, 0.2) is 0 Å². The summed E-state index contributed by atoms with van der Waals surface area (Å²) in [4.78, 5) is 14.5. The molecule has 6 heteroatoms. The summed E-state index contributed by atoms with van der Waals surface area (Å²) < 4.78 is 4.21. The fraction of sp³-hybridized carbons (Fsp3) is 0.206. The van der Waals surface area contributed by atoms with Gasteiger partial charge in [-0.25, -0.2) is 0 Å². The topological polar surface area (TPSA) is 29.1 Å². The van der Waals surface area contributed by atoms with Crippen LogP contribution in [0.1, 0.15) is 75.8 Å². The van der Waals surface area contributed by atoms with Crippen LogP contribution in [0, 0.1) is 0 Å². The van der Waals surface area contributed by atoms with Gasteiger partial charge in [-0.3, -0.25) is 0 Å². The summed E-state index contributed by atoms with van der Waals surface area (Å²) in [6, 6.07) is 37.2. The fourth-order valence-electron chi connectivity index (χ4n) is 5.70. The predicted molar refractivity (Wildman–Crippen MR) is 160 cm³/mol. The summed E-state index contributed by atoms with van der Waals surface area (Å²) >= 11 is -3.00. The molecule has 0 spiro atoms. The number of allylic oxidation sites excluding steroid dienone is 1. The molecule has 0 aliphatic heterocycles. The first-order chi connectivity index (χ1) is 18.5. The molecule has 2 nitrogen and oxygen atoms in total. The van der Waals surface area contributed by atoms with E-state index in [9.17, 15) is 4.79 Å². The van der Waals surface area contributed by atoms with Crippen LogP contribution >= 0.6 is 0 Å². The van der Waals surface area contributed by atoms with Crippen molar-refractivity contribution in [2.24, 2.45) is 0 Å². The third-order valence-corrected chi connectivity index (χ3v) is 34.4. The molecular formula is C34H36Cl2HfNOSi. The number of carbonyl (C=O) groups is 1. The van der Waals surface area contributed by atoms with Crippen LogP contribution in [-0.2, 0) is 20.9 Å². The second-order valence-corrected chi connectivity index (χ2v) is 30.7. The maximum absolute atomic E-state index is 14.5. The van der Waals surface area contributed by atoms with E-state index in [4.69, 9.17) is 0 Å². The standard InChI is InChI=1S/C13H19NO.C12H11Si.C9H7.2ClH.Hf/c1-8(2)10-6-5-7-11(9(3)4)12(10)13(14)15;1-3-7-11(8-4-1)13-12-9-5-2-6-10-12;1-2-5-9-7-3-6-8(9)4-1;;;/h5-9H,1-4H3,(H2,14,15);1-10,13H;1-7H;2*1H;/q;;;;;+3/p-3. The van der Waals surface area contributed by atoms with E-state index in [0.717, 1.165) is 16.7 Å². The maximum atomic E-state index is 14.5. The second kappa shape index (κ2) is 14.6. The van der Waals surface area contributed by atoms with Gasteiger partial charge in [-0.15, -0.1) is 0 Å². The summed E-state index contributed by atoms with van der Waals surface area (Å²) in [5.41, 5.74) is 5.90. The van der Waals surface area contributed by atoms with E-state index < -0.39 is 26.9 Å². The van der Waals surface area contributed by atoms with Gasteiger partial charge in [0, 0.05) is 0 Å². The fourth-order valence-corrected chi connectivity index (χ4v) is 34.5. The molecule has 0 radical (unpaired) electrons. The van der Waals surface area contributed by atoms with Crippen LogP contribution in [0.4, 0.5) is 0 Å². The Hall–Kier alpha value is -2.24. The van der Waals surface area contributed by atoms with Gasteiger partial charge >= 0.3 is 238 Å². The molecule has 0 bridgehead atoms. The van der Waals surface area contributed by atoms with Gasteiger partial charge in [0.2, 0.25) is 0 Å². The van der Waals surface area contributed by atoms with Gasteiger partial charge in [-0.2, -0.15) is 0 Å². The van der Waals surface area contributed by atoms with Crippen molar-refractivity contribution in [3.05, 3.63) is 137 Å². The van der Waals surface area contributed by atoms with E-state index in [2.05, 4.69) is 146 Å². The summed E-state index contributed by atoms with van der Waals surface area (Å²) in [7, 11) is 0. The maximum Gasteiger partial charge on any atom is -1.00 e. The monoisotopic (exact) mass is 752 g/mol. The summed E-state index contributed by atoms with van der Waals surface area (Å²) in [5.74, 6) is -0.998. The molecule has 4 aromatic rings. The van der Waals surface area contributed by atoms with Crippen molar-refractivity contribution >= 4 is 28.3 Å². The molecule has 0 saturated heterocycles. The van der Waals surface area contributed by atoms with Gasteiger partial charge < -0.3 is 24.8 Å². The van der Waals surface area contributed by atoms with E-state index in [-0.39, 0.29) is 42.6 Å². The minimum atomic E-state index is -3.00. The van der Waals surface area contributed by atoms with Crippen LogP contribution < -0.4 is 38.5 Å². The average Bonchev–Trinajstić information content (AvgIpc) is 3.37. The first-order valence-corrected chi connectivity index (χ1v) is 25.5. The molecule has 0 aromatic heterocycles. The third-order valence-electron chi connectivity index (χ3n) is 7.57. The zero-order valence-electron chi connectivity index (χ0n) is 23.4. The van der Waals surface area contributed by atoms with Crippen LogP contribution in [0.25, 0.3) is 6.08 Å². The van der Waals surface area contributed by atoms with Crippen molar-refractivity contribution in [1.82, 2.24) is 3.30 Å². The van der Waals surface area contributed by atoms with Crippen LogP contribution in [0.3, 0.4) is 0 Å². The number of rotatable bonds is 8. The zero-order chi connectivity index (χ0) is 26.6. The van der Waals surface area contributed by atoms with E-state index >= 15 is 0 Å². The minimum absolute atomic E-state index is 0. The van der Waals surface area contributed by atoms with Crippen LogP contribution in [0.15, 0.2) is 109 Å². The molecular weight excluding hydrogens is 716 g/mol. The number of hydrogen-bond donors (Lipinski definition) is 1. The van der Waals surface area contributed by atoms with Gasteiger partial charge in [0.25, 0.3) is 0 Å². The Bertz CT molecular complexity index is 1380. The van der Waals surface area contributed by atoms with Crippen molar-refractivity contribution in [2.75, 3.05) is 0 Å².